The fourth-order valence-corrected chi connectivity index (χ4v) is 2.92. The number of hydrogen-bond acceptors (Lipinski definition) is 3. The van der Waals surface area contributed by atoms with Crippen LogP contribution in [-0.4, -0.2) is 25.1 Å². The molecule has 0 saturated carbocycles. The van der Waals surface area contributed by atoms with E-state index >= 15 is 0 Å². The number of carbonyl (C=O) groups excluding carboxylic acids is 1. The van der Waals surface area contributed by atoms with E-state index in [-0.39, 0.29) is 5.91 Å². The van der Waals surface area contributed by atoms with Crippen molar-refractivity contribution in [1.82, 2.24) is 0 Å². The summed E-state index contributed by atoms with van der Waals surface area (Å²) < 4.78 is 5.75. The van der Waals surface area contributed by atoms with E-state index in [1.807, 2.05) is 50.2 Å². The van der Waals surface area contributed by atoms with Gasteiger partial charge in [-0.3, -0.25) is 4.79 Å². The second-order valence-corrected chi connectivity index (χ2v) is 6.84. The van der Waals surface area contributed by atoms with Crippen LogP contribution in [0.2, 0.25) is 0 Å². The first-order chi connectivity index (χ1) is 12.4. The number of amides is 1. The Morgan fingerprint density at radius 1 is 1.12 bits per heavy atom. The topological polar surface area (TPSA) is 41.6 Å². The van der Waals surface area contributed by atoms with Crippen molar-refractivity contribution in [3.8, 4) is 5.75 Å². The van der Waals surface area contributed by atoms with Gasteiger partial charge in [0.1, 0.15) is 5.75 Å². The lowest BCUT2D eigenvalue weighted by atomic mass is 10.1. The molecule has 0 saturated heterocycles. The highest BCUT2D eigenvalue weighted by molar-refractivity contribution is 5.90. The number of nitrogens with one attached hydrogen (secondary N) is 1. The van der Waals surface area contributed by atoms with E-state index in [1.54, 1.807) is 0 Å². The van der Waals surface area contributed by atoms with E-state index in [0.717, 1.165) is 29.1 Å². The van der Waals surface area contributed by atoms with Gasteiger partial charge in [0, 0.05) is 24.0 Å². The van der Waals surface area contributed by atoms with Crippen LogP contribution < -0.4 is 15.0 Å². The third-order valence-corrected chi connectivity index (χ3v) is 4.38. The van der Waals surface area contributed by atoms with Gasteiger partial charge < -0.3 is 15.0 Å². The maximum atomic E-state index is 12.1. The molecule has 0 unspecified atom stereocenters. The van der Waals surface area contributed by atoms with E-state index in [2.05, 4.69) is 37.1 Å². The molecule has 0 aliphatic carbocycles. The lowest BCUT2D eigenvalue weighted by Gasteiger charge is -2.27. The van der Waals surface area contributed by atoms with Gasteiger partial charge in [-0.2, -0.15) is 0 Å². The molecular weight excluding hydrogens is 324 g/mol. The molecule has 140 valence electrons. The second kappa shape index (κ2) is 9.27. The molecule has 0 fully saturated rings. The highest BCUT2D eigenvalue weighted by atomic mass is 16.5. The number of rotatable bonds is 8. The Balaban J connectivity index is 1.85. The third kappa shape index (κ3) is 5.51. The van der Waals surface area contributed by atoms with E-state index in [9.17, 15) is 4.79 Å². The van der Waals surface area contributed by atoms with Crippen molar-refractivity contribution < 1.29 is 9.53 Å². The molecule has 2 aromatic carbocycles. The smallest absolute Gasteiger partial charge is 0.227 e. The molecule has 1 N–H and O–H groups in total. The van der Waals surface area contributed by atoms with E-state index in [4.69, 9.17) is 4.74 Å². The lowest BCUT2D eigenvalue weighted by molar-refractivity contribution is -0.116. The largest absolute Gasteiger partial charge is 0.493 e. The number of benzene rings is 2. The summed E-state index contributed by atoms with van der Waals surface area (Å²) in [6.45, 7) is 11.9. The fraction of sp³-hybridized carbons (Fsp3) is 0.409. The molecule has 0 radical (unpaired) electrons. The summed E-state index contributed by atoms with van der Waals surface area (Å²) in [5.74, 6) is 0.801. The van der Waals surface area contributed by atoms with Gasteiger partial charge in [0.25, 0.3) is 0 Å². The van der Waals surface area contributed by atoms with Gasteiger partial charge in [0.2, 0.25) is 5.91 Å². The van der Waals surface area contributed by atoms with Gasteiger partial charge in [0.15, 0.2) is 0 Å². The van der Waals surface area contributed by atoms with E-state index < -0.39 is 0 Å². The molecule has 0 aliphatic rings. The Kier molecular flexibility index (Phi) is 7.07. The number of hydrogen-bond donors (Lipinski definition) is 1. The van der Waals surface area contributed by atoms with Crippen LogP contribution in [0.5, 0.6) is 5.75 Å². The van der Waals surface area contributed by atoms with E-state index in [1.165, 1.54) is 5.69 Å². The first-order valence-electron chi connectivity index (χ1n) is 9.27. The summed E-state index contributed by atoms with van der Waals surface area (Å²) in [6, 6.07) is 14.5. The second-order valence-electron chi connectivity index (χ2n) is 6.84. The van der Waals surface area contributed by atoms with Crippen LogP contribution in [-0.2, 0) is 4.79 Å². The molecule has 0 heterocycles. The zero-order valence-corrected chi connectivity index (χ0v) is 16.5. The molecule has 0 spiro atoms. The van der Waals surface area contributed by atoms with Gasteiger partial charge in [-0.25, -0.2) is 0 Å². The molecule has 1 amide bonds. The normalized spacial score (nSPS) is 10.7. The van der Waals surface area contributed by atoms with Crippen molar-refractivity contribution in [3.05, 3.63) is 53.6 Å². The number of aryl methyl sites for hydroxylation is 2. The summed E-state index contributed by atoms with van der Waals surface area (Å²) in [4.78, 5) is 14.4. The SMILES string of the molecule is CCN(c1ccc(NC(=O)CCOc2cc(C)ccc2C)cc1)C(C)C. The predicted octanol–water partition coefficient (Wildman–Crippen LogP) is 4.95. The monoisotopic (exact) mass is 354 g/mol. The third-order valence-electron chi connectivity index (χ3n) is 4.38. The highest BCUT2D eigenvalue weighted by Gasteiger charge is 2.09. The summed E-state index contributed by atoms with van der Waals surface area (Å²) in [5.41, 5.74) is 4.21. The average Bonchev–Trinajstić information content (AvgIpc) is 2.60. The Morgan fingerprint density at radius 2 is 1.81 bits per heavy atom. The van der Waals surface area contributed by atoms with Crippen LogP contribution in [0.1, 0.15) is 38.3 Å². The summed E-state index contributed by atoms with van der Waals surface area (Å²) in [5, 5.41) is 2.93. The zero-order valence-electron chi connectivity index (χ0n) is 16.5. The van der Waals surface area contributed by atoms with Crippen molar-refractivity contribution >= 4 is 17.3 Å². The average molecular weight is 354 g/mol. The van der Waals surface area contributed by atoms with Gasteiger partial charge in [-0.05, 0) is 76.1 Å². The van der Waals surface area contributed by atoms with Crippen LogP contribution in [0, 0.1) is 13.8 Å². The van der Waals surface area contributed by atoms with Gasteiger partial charge in [0.05, 0.1) is 13.0 Å². The Morgan fingerprint density at radius 3 is 2.42 bits per heavy atom. The fourth-order valence-electron chi connectivity index (χ4n) is 2.92. The molecule has 4 heteroatoms. The van der Waals surface area contributed by atoms with Crippen molar-refractivity contribution in [3.63, 3.8) is 0 Å². The molecule has 26 heavy (non-hydrogen) atoms. The summed E-state index contributed by atoms with van der Waals surface area (Å²) in [6.07, 6.45) is 0.322. The van der Waals surface area contributed by atoms with Crippen LogP contribution in [0.4, 0.5) is 11.4 Å². The number of carbonyl (C=O) groups is 1. The molecule has 4 nitrogen and oxygen atoms in total. The molecule has 0 bridgehead atoms. The van der Waals surface area contributed by atoms with Crippen LogP contribution >= 0.6 is 0 Å². The first kappa shape index (κ1) is 19.8. The van der Waals surface area contributed by atoms with Crippen LogP contribution in [0.15, 0.2) is 42.5 Å². The molecular formula is C22H30N2O2. The van der Waals surface area contributed by atoms with E-state index in [0.29, 0.717) is 19.1 Å². The van der Waals surface area contributed by atoms with Gasteiger partial charge in [-0.1, -0.05) is 12.1 Å². The molecule has 2 rings (SSSR count). The molecule has 0 atom stereocenters. The summed E-state index contributed by atoms with van der Waals surface area (Å²) >= 11 is 0. The number of nitrogens with zero attached hydrogens (tertiary/aromatic N) is 1. The number of ether oxygens (including phenoxy) is 1. The van der Waals surface area contributed by atoms with Gasteiger partial charge >= 0.3 is 0 Å². The maximum absolute atomic E-state index is 12.1. The number of anilines is 2. The Bertz CT molecular complexity index is 723. The van der Waals surface area contributed by atoms with Crippen molar-refractivity contribution in [1.29, 1.82) is 0 Å². The van der Waals surface area contributed by atoms with Crippen LogP contribution in [0.25, 0.3) is 0 Å². The minimum Gasteiger partial charge on any atom is -0.493 e. The van der Waals surface area contributed by atoms with Gasteiger partial charge in [-0.15, -0.1) is 0 Å². The van der Waals surface area contributed by atoms with Crippen LogP contribution in [0.3, 0.4) is 0 Å². The quantitative estimate of drug-likeness (QED) is 0.729. The molecule has 0 aliphatic heterocycles. The Labute approximate surface area is 157 Å². The minimum atomic E-state index is -0.0423. The zero-order chi connectivity index (χ0) is 19.1. The first-order valence-corrected chi connectivity index (χ1v) is 9.27. The van der Waals surface area contributed by atoms with Crippen molar-refractivity contribution in [2.24, 2.45) is 0 Å². The molecule has 0 aromatic heterocycles. The Hall–Kier alpha value is -2.49. The molecule has 2 aromatic rings. The maximum Gasteiger partial charge on any atom is 0.227 e. The van der Waals surface area contributed by atoms with Crippen molar-refractivity contribution in [2.75, 3.05) is 23.4 Å². The minimum absolute atomic E-state index is 0.0423. The highest BCUT2D eigenvalue weighted by Crippen LogP contribution is 2.21. The standard InChI is InChI=1S/C22H30N2O2/c1-6-24(16(2)3)20-11-9-19(10-12-20)23-22(25)13-14-26-21-15-17(4)7-8-18(21)5/h7-12,15-16H,6,13-14H2,1-5H3,(H,23,25). The lowest BCUT2D eigenvalue weighted by Crippen LogP contribution is -2.30. The predicted molar refractivity (Wildman–Crippen MR) is 109 cm³/mol. The van der Waals surface area contributed by atoms with Crippen molar-refractivity contribution in [2.45, 2.75) is 47.1 Å². The summed E-state index contributed by atoms with van der Waals surface area (Å²) in [7, 11) is 0.